The van der Waals surface area contributed by atoms with Gasteiger partial charge in [-0.1, -0.05) is 104 Å². The summed E-state index contributed by atoms with van der Waals surface area (Å²) in [5.41, 5.74) is 0. The number of hydrogen-bond acceptors (Lipinski definition) is 2. The molecule has 0 fully saturated rings. The van der Waals surface area contributed by atoms with E-state index >= 15 is 0 Å². The molecule has 140 valence electrons. The van der Waals surface area contributed by atoms with E-state index in [1.54, 1.807) is 0 Å². The Labute approximate surface area is 166 Å². The summed E-state index contributed by atoms with van der Waals surface area (Å²) in [7, 11) is 0. The van der Waals surface area contributed by atoms with Crippen molar-refractivity contribution in [1.29, 1.82) is 0 Å². The van der Waals surface area contributed by atoms with Crippen molar-refractivity contribution in [1.82, 2.24) is 0 Å². The third-order valence-electron chi connectivity index (χ3n) is 4.02. The van der Waals surface area contributed by atoms with Crippen LogP contribution in [-0.4, -0.2) is 23.4 Å². The number of aliphatic hydroxyl groups excluding tert-OH is 2. The molecule has 0 aliphatic carbocycles. The summed E-state index contributed by atoms with van der Waals surface area (Å²) >= 11 is 0. The molecule has 0 saturated heterocycles. The van der Waals surface area contributed by atoms with Crippen LogP contribution in [0.5, 0.6) is 0 Å². The number of aliphatic hydroxyl groups is 2. The summed E-state index contributed by atoms with van der Waals surface area (Å²) in [6, 6.07) is 0. The molecule has 0 atom stereocenters. The van der Waals surface area contributed by atoms with Crippen molar-refractivity contribution in [2.75, 3.05) is 13.2 Å². The maximum Gasteiger partial charge on any atom is 0.0431 e. The second-order valence-electron chi connectivity index (χ2n) is 6.40. The standard InChI is InChI=1S/2C10H22O.Zr/c2*1-2-3-4-5-6-7-8-9-10-11;/h2*11H,2-10H2,1H3;. The molecular formula is C20H44O2Zr. The Morgan fingerprint density at radius 1 is 0.391 bits per heavy atom. The van der Waals surface area contributed by atoms with Crippen LogP contribution >= 0.6 is 0 Å². The average Bonchev–Trinajstić information content (AvgIpc) is 2.54. The Morgan fingerprint density at radius 3 is 0.826 bits per heavy atom. The van der Waals surface area contributed by atoms with Gasteiger partial charge >= 0.3 is 0 Å². The molecule has 0 rings (SSSR count). The Kier molecular flexibility index (Phi) is 38.1. The predicted molar refractivity (Wildman–Crippen MR) is 99.4 cm³/mol. The largest absolute Gasteiger partial charge is 0.396 e. The van der Waals surface area contributed by atoms with Gasteiger partial charge in [-0.05, 0) is 12.8 Å². The minimum Gasteiger partial charge on any atom is -0.396 e. The molecule has 0 aromatic rings. The predicted octanol–water partition coefficient (Wildman–Crippen LogP) is 6.24. The van der Waals surface area contributed by atoms with Gasteiger partial charge in [-0.2, -0.15) is 0 Å². The van der Waals surface area contributed by atoms with Crippen LogP contribution in [0.15, 0.2) is 0 Å². The molecule has 0 heterocycles. The smallest absolute Gasteiger partial charge is 0.0431 e. The molecule has 0 aromatic heterocycles. The van der Waals surface area contributed by atoms with Crippen molar-refractivity contribution in [2.24, 2.45) is 0 Å². The van der Waals surface area contributed by atoms with Crippen LogP contribution in [-0.2, 0) is 26.2 Å². The van der Waals surface area contributed by atoms with E-state index in [4.69, 9.17) is 10.2 Å². The summed E-state index contributed by atoms with van der Waals surface area (Å²) in [6.07, 6.45) is 20.8. The van der Waals surface area contributed by atoms with Gasteiger partial charge in [-0.25, -0.2) is 0 Å². The fraction of sp³-hybridized carbons (Fsp3) is 1.00. The Hall–Kier alpha value is 0.803. The van der Waals surface area contributed by atoms with Gasteiger partial charge in [0.1, 0.15) is 0 Å². The Bertz CT molecular complexity index is 132. The zero-order chi connectivity index (χ0) is 16.7. The van der Waals surface area contributed by atoms with Crippen LogP contribution < -0.4 is 0 Å². The van der Waals surface area contributed by atoms with E-state index in [2.05, 4.69) is 13.8 Å². The van der Waals surface area contributed by atoms with Gasteiger partial charge in [0.25, 0.3) is 0 Å². The van der Waals surface area contributed by atoms with Gasteiger partial charge in [0.2, 0.25) is 0 Å². The number of unbranched alkanes of at least 4 members (excludes halogenated alkanes) is 14. The van der Waals surface area contributed by atoms with E-state index in [1.165, 1.54) is 89.9 Å². The molecule has 0 bridgehead atoms. The summed E-state index contributed by atoms with van der Waals surface area (Å²) in [5.74, 6) is 0. The molecule has 2 N–H and O–H groups in total. The molecule has 2 nitrogen and oxygen atoms in total. The van der Waals surface area contributed by atoms with E-state index in [-0.39, 0.29) is 26.2 Å². The van der Waals surface area contributed by atoms with Crippen molar-refractivity contribution in [3.05, 3.63) is 0 Å². The zero-order valence-corrected chi connectivity index (χ0v) is 18.6. The van der Waals surface area contributed by atoms with Gasteiger partial charge in [0, 0.05) is 39.4 Å². The quantitative estimate of drug-likeness (QED) is 0.297. The SMILES string of the molecule is CCCCCCCCCCO.CCCCCCCCCCO.[Zr]. The van der Waals surface area contributed by atoms with Gasteiger partial charge in [0.15, 0.2) is 0 Å². The Balaban J connectivity index is -0.000000333. The third kappa shape index (κ3) is 35.0. The molecule has 0 aliphatic heterocycles. The van der Waals surface area contributed by atoms with E-state index in [0.717, 1.165) is 12.8 Å². The molecule has 0 amide bonds. The van der Waals surface area contributed by atoms with Crippen molar-refractivity contribution in [3.63, 3.8) is 0 Å². The minimum atomic E-state index is 0. The summed E-state index contributed by atoms with van der Waals surface area (Å²) in [6.45, 7) is 5.22. The van der Waals surface area contributed by atoms with Gasteiger partial charge in [-0.15, -0.1) is 0 Å². The molecule has 0 unspecified atom stereocenters. The second-order valence-corrected chi connectivity index (χ2v) is 6.40. The van der Waals surface area contributed by atoms with E-state index in [9.17, 15) is 0 Å². The molecule has 0 saturated carbocycles. The molecule has 0 aliphatic rings. The second kappa shape index (κ2) is 30.7. The maximum absolute atomic E-state index is 8.51. The fourth-order valence-electron chi connectivity index (χ4n) is 2.49. The van der Waals surface area contributed by atoms with Crippen LogP contribution in [0, 0.1) is 0 Å². The minimum absolute atomic E-state index is 0. The first-order valence-corrected chi connectivity index (χ1v) is 10.0. The number of rotatable bonds is 16. The first-order valence-electron chi connectivity index (χ1n) is 10.0. The van der Waals surface area contributed by atoms with Crippen molar-refractivity contribution in [2.45, 2.75) is 117 Å². The van der Waals surface area contributed by atoms with Gasteiger partial charge in [0.05, 0.1) is 0 Å². The van der Waals surface area contributed by atoms with E-state index in [0.29, 0.717) is 13.2 Å². The topological polar surface area (TPSA) is 40.5 Å². The van der Waals surface area contributed by atoms with Gasteiger partial charge < -0.3 is 10.2 Å². The third-order valence-corrected chi connectivity index (χ3v) is 4.02. The first-order chi connectivity index (χ1) is 10.8. The maximum atomic E-state index is 8.51. The summed E-state index contributed by atoms with van der Waals surface area (Å²) in [4.78, 5) is 0. The summed E-state index contributed by atoms with van der Waals surface area (Å²) < 4.78 is 0. The fourth-order valence-corrected chi connectivity index (χ4v) is 2.49. The van der Waals surface area contributed by atoms with Crippen molar-refractivity contribution < 1.29 is 36.4 Å². The van der Waals surface area contributed by atoms with Crippen LogP contribution in [0.3, 0.4) is 0 Å². The van der Waals surface area contributed by atoms with Crippen LogP contribution in [0.1, 0.15) is 117 Å². The van der Waals surface area contributed by atoms with Gasteiger partial charge in [-0.3, -0.25) is 0 Å². The van der Waals surface area contributed by atoms with E-state index < -0.39 is 0 Å². The van der Waals surface area contributed by atoms with Crippen molar-refractivity contribution >= 4 is 0 Å². The van der Waals surface area contributed by atoms with Crippen LogP contribution in [0.25, 0.3) is 0 Å². The van der Waals surface area contributed by atoms with Crippen LogP contribution in [0.4, 0.5) is 0 Å². The molecule has 3 heteroatoms. The average molecular weight is 408 g/mol. The van der Waals surface area contributed by atoms with Crippen LogP contribution in [0.2, 0.25) is 0 Å². The molecule has 23 heavy (non-hydrogen) atoms. The molecular weight excluding hydrogens is 363 g/mol. The summed E-state index contributed by atoms with van der Waals surface area (Å²) in [5, 5.41) is 17.0. The molecule has 0 radical (unpaired) electrons. The van der Waals surface area contributed by atoms with E-state index in [1.807, 2.05) is 0 Å². The van der Waals surface area contributed by atoms with Crippen molar-refractivity contribution in [3.8, 4) is 0 Å². The number of hydrogen-bond donors (Lipinski definition) is 2. The normalized spacial score (nSPS) is 9.91. The first kappa shape index (κ1) is 28.6. The Morgan fingerprint density at radius 2 is 0.609 bits per heavy atom. The zero-order valence-electron chi connectivity index (χ0n) is 16.1. The molecule has 0 spiro atoms. The monoisotopic (exact) mass is 406 g/mol. The molecule has 0 aromatic carbocycles.